The Kier molecular flexibility index (Phi) is 7.41. The molecule has 13 aromatic rings. The van der Waals surface area contributed by atoms with Crippen LogP contribution in [0.3, 0.4) is 0 Å². The Balaban J connectivity index is 0.981. The number of rotatable bonds is 6. The number of fused-ring (bicyclic) bond motifs is 11. The number of benzene rings is 9. The second-order valence-electron chi connectivity index (χ2n) is 15.5. The van der Waals surface area contributed by atoms with Crippen LogP contribution in [0.15, 0.2) is 209 Å². The fourth-order valence-electron chi connectivity index (χ4n) is 9.24. The number of hydrogen-bond donors (Lipinski definition) is 0. The highest BCUT2D eigenvalue weighted by atomic mass is 32.1. The van der Waals surface area contributed by atoms with Crippen molar-refractivity contribution in [3.05, 3.63) is 200 Å². The van der Waals surface area contributed by atoms with Gasteiger partial charge in [-0.2, -0.15) is 0 Å². The second-order valence-corrected chi connectivity index (χ2v) is 16.6. The molecule has 0 aliphatic heterocycles. The van der Waals surface area contributed by atoms with Crippen molar-refractivity contribution in [2.75, 3.05) is 9.80 Å². The van der Waals surface area contributed by atoms with Crippen molar-refractivity contribution < 1.29 is 8.83 Å². The number of thiophene rings is 1. The Hall–Kier alpha value is -7.93. The lowest BCUT2D eigenvalue weighted by Gasteiger charge is -2.27. The molecule has 61 heavy (non-hydrogen) atoms. The number of nitrogens with zero attached hydrogens (tertiary/aromatic N) is 3. The van der Waals surface area contributed by atoms with Gasteiger partial charge in [-0.3, -0.25) is 4.90 Å². The van der Waals surface area contributed by atoms with Gasteiger partial charge >= 0.3 is 0 Å². The molecule has 13 rings (SSSR count). The lowest BCUT2D eigenvalue weighted by Crippen LogP contribution is -2.11. The minimum absolute atomic E-state index is 0.836. The lowest BCUT2D eigenvalue weighted by atomic mass is 10.1. The van der Waals surface area contributed by atoms with Crippen LogP contribution in [0.1, 0.15) is 0 Å². The van der Waals surface area contributed by atoms with E-state index in [2.05, 4.69) is 186 Å². The van der Waals surface area contributed by atoms with Crippen molar-refractivity contribution >= 4 is 131 Å². The lowest BCUT2D eigenvalue weighted by molar-refractivity contribution is 0.668. The number of anilines is 6. The molecule has 0 N–H and O–H groups in total. The van der Waals surface area contributed by atoms with Gasteiger partial charge in [0.05, 0.1) is 17.1 Å². The maximum atomic E-state index is 6.42. The van der Waals surface area contributed by atoms with Gasteiger partial charge in [0.1, 0.15) is 33.0 Å². The molecule has 0 radical (unpaired) electrons. The first-order valence-electron chi connectivity index (χ1n) is 20.4. The molecule has 0 fully saturated rings. The molecule has 9 aromatic carbocycles. The van der Waals surface area contributed by atoms with Gasteiger partial charge in [-0.15, -0.1) is 11.3 Å². The highest BCUT2D eigenvalue weighted by Gasteiger charge is 2.22. The van der Waals surface area contributed by atoms with Crippen molar-refractivity contribution in [3.63, 3.8) is 0 Å². The maximum absolute atomic E-state index is 6.42. The average Bonchev–Trinajstić information content (AvgIpc) is 3.99. The van der Waals surface area contributed by atoms with E-state index < -0.39 is 0 Å². The van der Waals surface area contributed by atoms with E-state index in [1.807, 2.05) is 24.3 Å². The van der Waals surface area contributed by atoms with Gasteiger partial charge in [-0.1, -0.05) is 115 Å². The van der Waals surface area contributed by atoms with E-state index in [0.717, 1.165) is 98.4 Å². The summed E-state index contributed by atoms with van der Waals surface area (Å²) in [6.07, 6.45) is 0. The van der Waals surface area contributed by atoms with Crippen LogP contribution in [0.2, 0.25) is 0 Å². The quantitative estimate of drug-likeness (QED) is 0.168. The van der Waals surface area contributed by atoms with Crippen LogP contribution < -0.4 is 9.80 Å². The summed E-state index contributed by atoms with van der Waals surface area (Å²) in [4.78, 5) is 11.1. The van der Waals surface area contributed by atoms with Crippen molar-refractivity contribution in [1.29, 1.82) is 0 Å². The largest absolute Gasteiger partial charge is 0.456 e. The number of pyridine rings is 1. The van der Waals surface area contributed by atoms with E-state index in [1.165, 1.54) is 21.5 Å². The van der Waals surface area contributed by atoms with Crippen LogP contribution in [0.5, 0.6) is 0 Å². The third-order valence-corrected chi connectivity index (χ3v) is 13.1. The van der Waals surface area contributed by atoms with Crippen molar-refractivity contribution in [2.24, 2.45) is 0 Å². The molecule has 6 heteroatoms. The smallest absolute Gasteiger partial charge is 0.139 e. The first-order valence-corrected chi connectivity index (χ1v) is 21.3. The zero-order valence-corrected chi connectivity index (χ0v) is 33.4. The monoisotopic (exact) mass is 799 g/mol. The number of hydrogen-bond acceptors (Lipinski definition) is 6. The first-order chi connectivity index (χ1) is 30.2. The van der Waals surface area contributed by atoms with Gasteiger partial charge in [-0.25, -0.2) is 4.98 Å². The van der Waals surface area contributed by atoms with E-state index in [1.54, 1.807) is 11.3 Å². The molecule has 0 aliphatic rings. The van der Waals surface area contributed by atoms with Crippen molar-refractivity contribution in [1.82, 2.24) is 4.98 Å². The molecule has 0 spiro atoms. The molecule has 5 nitrogen and oxygen atoms in total. The van der Waals surface area contributed by atoms with E-state index in [-0.39, 0.29) is 0 Å². The maximum Gasteiger partial charge on any atom is 0.139 e. The molecular formula is C55H33N3O2S. The summed E-state index contributed by atoms with van der Waals surface area (Å²) in [7, 11) is 0. The predicted octanol–water partition coefficient (Wildman–Crippen LogP) is 16.5. The van der Waals surface area contributed by atoms with E-state index in [4.69, 9.17) is 13.8 Å². The van der Waals surface area contributed by atoms with E-state index in [0.29, 0.717) is 0 Å². The molecule has 0 unspecified atom stereocenters. The molecule has 0 amide bonds. The molecule has 286 valence electrons. The SMILES string of the molecule is c1ccc2c(N(c3ccc4c(c3)oc3ccccc34)c3ccc4c(c3)sc3nc(N(c5ccc6c(c5)oc5ccccc56)c5cccc6ccccc56)ccc34)cccc2c1. The molecule has 0 aliphatic carbocycles. The summed E-state index contributed by atoms with van der Waals surface area (Å²) in [5, 5.41) is 11.4. The fraction of sp³-hybridized carbons (Fsp3) is 0. The zero-order valence-electron chi connectivity index (χ0n) is 32.6. The second kappa shape index (κ2) is 13.3. The van der Waals surface area contributed by atoms with Crippen molar-refractivity contribution in [2.45, 2.75) is 0 Å². The summed E-state index contributed by atoms with van der Waals surface area (Å²) in [5.41, 5.74) is 8.68. The number of aromatic nitrogens is 1. The normalized spacial score (nSPS) is 11.9. The topological polar surface area (TPSA) is 45.7 Å². The molecule has 4 aromatic heterocycles. The van der Waals surface area contributed by atoms with Crippen LogP contribution in [0, 0.1) is 0 Å². The third kappa shape index (κ3) is 5.36. The van der Waals surface area contributed by atoms with Crippen LogP contribution in [0.4, 0.5) is 34.3 Å². The molecule has 0 saturated heterocycles. The molecule has 0 saturated carbocycles. The summed E-state index contributed by atoms with van der Waals surface area (Å²) in [6.45, 7) is 0. The summed E-state index contributed by atoms with van der Waals surface area (Å²) >= 11 is 1.72. The van der Waals surface area contributed by atoms with Gasteiger partial charge in [0.25, 0.3) is 0 Å². The van der Waals surface area contributed by atoms with Gasteiger partial charge < -0.3 is 13.7 Å². The molecule has 0 bridgehead atoms. The highest BCUT2D eigenvalue weighted by molar-refractivity contribution is 7.25. The molecule has 4 heterocycles. The van der Waals surface area contributed by atoms with Crippen molar-refractivity contribution in [3.8, 4) is 0 Å². The van der Waals surface area contributed by atoms with Gasteiger partial charge in [0.2, 0.25) is 0 Å². The number of furan rings is 2. The molecule has 0 atom stereocenters. The fourth-order valence-corrected chi connectivity index (χ4v) is 10.3. The minimum Gasteiger partial charge on any atom is -0.456 e. The molecular weight excluding hydrogens is 767 g/mol. The van der Waals surface area contributed by atoms with Gasteiger partial charge in [0, 0.05) is 71.3 Å². The van der Waals surface area contributed by atoms with Gasteiger partial charge in [0.15, 0.2) is 0 Å². The summed E-state index contributed by atoms with van der Waals surface area (Å²) in [5.74, 6) is 0.836. The Morgan fingerprint density at radius 3 is 1.43 bits per heavy atom. The Bertz CT molecular complexity index is 3620. The van der Waals surface area contributed by atoms with Crippen LogP contribution in [-0.2, 0) is 0 Å². The Morgan fingerprint density at radius 1 is 0.344 bits per heavy atom. The zero-order chi connectivity index (χ0) is 40.0. The highest BCUT2D eigenvalue weighted by Crippen LogP contribution is 2.46. The Morgan fingerprint density at radius 2 is 0.803 bits per heavy atom. The van der Waals surface area contributed by atoms with Crippen LogP contribution in [0.25, 0.3) is 85.7 Å². The minimum atomic E-state index is 0.836. The Labute approximate surface area is 353 Å². The standard InChI is InChI=1S/C55H33N3O2S/c1-3-15-39-34(11-1)13-9-19-47(39)57(36-23-26-43-41-17-5-7-21-49(41)59-51(43)31-36)38-25-28-45-46-29-30-54(56-55(46)61-53(45)33-38)58(48-20-10-14-35-12-2-4-16-40(35)48)37-24-27-44-42-18-6-8-22-50(42)60-52(44)32-37/h1-33H. The summed E-state index contributed by atoms with van der Waals surface area (Å²) in [6, 6.07) is 70.8. The average molecular weight is 800 g/mol. The van der Waals surface area contributed by atoms with E-state index >= 15 is 0 Å². The number of para-hydroxylation sites is 2. The first kappa shape index (κ1) is 34.0. The van der Waals surface area contributed by atoms with Gasteiger partial charge in [-0.05, 0) is 83.6 Å². The predicted molar refractivity (Wildman–Crippen MR) is 256 cm³/mol. The summed E-state index contributed by atoms with van der Waals surface area (Å²) < 4.78 is 14.0. The van der Waals surface area contributed by atoms with E-state index in [9.17, 15) is 0 Å². The van der Waals surface area contributed by atoms with Crippen LogP contribution in [-0.4, -0.2) is 4.98 Å². The van der Waals surface area contributed by atoms with Crippen LogP contribution >= 0.6 is 11.3 Å². The third-order valence-electron chi connectivity index (χ3n) is 12.1.